The van der Waals surface area contributed by atoms with Crippen molar-refractivity contribution >= 4 is 33.8 Å². The summed E-state index contributed by atoms with van der Waals surface area (Å²) in [6.07, 6.45) is 4.83. The number of carbonyl (C=O) groups excluding carboxylic acids is 1. The maximum absolute atomic E-state index is 15.3. The monoisotopic (exact) mass is 534 g/mol. The number of hydrogen-bond acceptors (Lipinski definition) is 7. The molecule has 3 heterocycles. The smallest absolute Gasteiger partial charge is 0.243 e. The Labute approximate surface area is 223 Å². The van der Waals surface area contributed by atoms with Gasteiger partial charge in [0.2, 0.25) is 5.91 Å². The Morgan fingerprint density at radius 2 is 2.10 bits per heavy atom. The van der Waals surface area contributed by atoms with Crippen LogP contribution in [0.2, 0.25) is 0 Å². The highest BCUT2D eigenvalue weighted by atomic mass is 19.1. The average molecular weight is 535 g/mol. The van der Waals surface area contributed by atoms with Crippen LogP contribution in [0.5, 0.6) is 0 Å². The molecule has 10 nitrogen and oxygen atoms in total. The Morgan fingerprint density at radius 3 is 2.79 bits per heavy atom. The molecule has 1 atom stereocenters. The fraction of sp³-hybridized carbons (Fsp3) is 0.296. The van der Waals surface area contributed by atoms with E-state index in [0.29, 0.717) is 35.4 Å². The van der Waals surface area contributed by atoms with Gasteiger partial charge in [-0.15, -0.1) is 0 Å². The minimum Gasteiger partial charge on any atom is -0.383 e. The number of aromatic nitrogens is 6. The largest absolute Gasteiger partial charge is 0.383 e. The van der Waals surface area contributed by atoms with E-state index in [0.717, 1.165) is 5.57 Å². The summed E-state index contributed by atoms with van der Waals surface area (Å²) in [4.78, 5) is 24.5. The van der Waals surface area contributed by atoms with Crippen molar-refractivity contribution in [2.24, 2.45) is 7.05 Å². The number of nitrogens with zero attached hydrogens (tertiary/aromatic N) is 6. The summed E-state index contributed by atoms with van der Waals surface area (Å²) in [5.74, 6) is 3.91. The summed E-state index contributed by atoms with van der Waals surface area (Å²) in [7, 11) is 3.26. The van der Waals surface area contributed by atoms with Crippen molar-refractivity contribution in [2.75, 3.05) is 26.0 Å². The maximum atomic E-state index is 15.3. The number of fused-ring (bicyclic) bond motifs is 2. The lowest BCUT2D eigenvalue weighted by Gasteiger charge is -2.20. The van der Waals surface area contributed by atoms with Crippen LogP contribution < -0.4 is 11.1 Å². The Kier molecular flexibility index (Phi) is 8.01. The van der Waals surface area contributed by atoms with E-state index >= 15 is 4.39 Å². The molecule has 1 aromatic carbocycles. The summed E-state index contributed by atoms with van der Waals surface area (Å²) in [6.45, 7) is 7.62. The molecule has 0 aliphatic rings. The molecule has 39 heavy (non-hydrogen) atoms. The number of benzene rings is 1. The normalized spacial score (nSPS) is 12.4. The number of rotatable bonds is 8. The third kappa shape index (κ3) is 5.35. The van der Waals surface area contributed by atoms with Crippen LogP contribution in [0, 0.1) is 30.4 Å². The Morgan fingerprint density at radius 1 is 1.33 bits per heavy atom. The van der Waals surface area contributed by atoms with E-state index in [4.69, 9.17) is 10.5 Å². The van der Waals surface area contributed by atoms with E-state index in [1.165, 1.54) is 18.5 Å². The number of nitrogens with two attached hydrogens (primary N) is 1. The number of anilines is 1. The molecule has 3 aromatic heterocycles. The SMILES string of the molecule is C=CC(=O)NC[C@H](C/C(=C/C)COC)n1nc(C#Cc2c(F)cc3c(nc(C)n3C)c2F)c2c(N)ncnc21. The third-order valence-electron chi connectivity index (χ3n) is 6.40. The van der Waals surface area contributed by atoms with Crippen LogP contribution in [0.15, 0.2) is 36.7 Å². The first-order chi connectivity index (χ1) is 18.7. The molecule has 0 aliphatic carbocycles. The number of hydrogen-bond donors (Lipinski definition) is 2. The highest BCUT2D eigenvalue weighted by molar-refractivity contribution is 5.91. The lowest BCUT2D eigenvalue weighted by molar-refractivity contribution is -0.116. The second-order valence-electron chi connectivity index (χ2n) is 8.82. The molecule has 12 heteroatoms. The van der Waals surface area contributed by atoms with Crippen LogP contribution >= 0.6 is 0 Å². The van der Waals surface area contributed by atoms with Crippen LogP contribution in [0.1, 0.15) is 36.5 Å². The molecule has 202 valence electrons. The van der Waals surface area contributed by atoms with Crippen molar-refractivity contribution in [3.8, 4) is 11.8 Å². The van der Waals surface area contributed by atoms with Gasteiger partial charge in [-0.3, -0.25) is 4.79 Å². The van der Waals surface area contributed by atoms with Gasteiger partial charge in [0.25, 0.3) is 0 Å². The molecule has 0 unspecified atom stereocenters. The molecule has 0 spiro atoms. The van der Waals surface area contributed by atoms with Gasteiger partial charge in [-0.25, -0.2) is 28.4 Å². The molecule has 0 aliphatic heterocycles. The molecule has 0 saturated heterocycles. The fourth-order valence-electron chi connectivity index (χ4n) is 4.23. The Bertz CT molecular complexity index is 1680. The van der Waals surface area contributed by atoms with Crippen LogP contribution in [-0.2, 0) is 16.6 Å². The molecule has 0 fully saturated rings. The first kappa shape index (κ1) is 27.4. The number of nitrogen functional groups attached to an aromatic ring is 1. The van der Waals surface area contributed by atoms with Gasteiger partial charge < -0.3 is 20.4 Å². The number of halogens is 2. The number of aryl methyl sites for hydroxylation is 2. The van der Waals surface area contributed by atoms with E-state index in [1.807, 2.05) is 13.0 Å². The summed E-state index contributed by atoms with van der Waals surface area (Å²) >= 11 is 0. The average Bonchev–Trinajstić information content (AvgIpc) is 3.43. The van der Waals surface area contributed by atoms with E-state index < -0.39 is 23.2 Å². The van der Waals surface area contributed by atoms with Crippen LogP contribution in [0.25, 0.3) is 22.1 Å². The van der Waals surface area contributed by atoms with Gasteiger partial charge in [-0.1, -0.05) is 18.6 Å². The molecule has 0 saturated carbocycles. The van der Waals surface area contributed by atoms with E-state index in [2.05, 4.69) is 43.8 Å². The van der Waals surface area contributed by atoms with Gasteiger partial charge in [-0.05, 0) is 37.8 Å². The van der Waals surface area contributed by atoms with Gasteiger partial charge >= 0.3 is 0 Å². The van der Waals surface area contributed by atoms with Crippen molar-refractivity contribution in [1.82, 2.24) is 34.6 Å². The van der Waals surface area contributed by atoms with Crippen molar-refractivity contribution in [2.45, 2.75) is 26.3 Å². The highest BCUT2D eigenvalue weighted by Crippen LogP contribution is 2.28. The molecule has 4 rings (SSSR count). The number of ether oxygens (including phenoxy) is 1. The molecule has 0 bridgehead atoms. The van der Waals surface area contributed by atoms with Gasteiger partial charge in [-0.2, -0.15) is 5.10 Å². The number of amides is 1. The van der Waals surface area contributed by atoms with E-state index in [9.17, 15) is 9.18 Å². The van der Waals surface area contributed by atoms with Crippen molar-refractivity contribution in [3.63, 3.8) is 0 Å². The van der Waals surface area contributed by atoms with Crippen LogP contribution in [-0.4, -0.2) is 55.5 Å². The second kappa shape index (κ2) is 11.4. The number of nitrogens with one attached hydrogen (secondary N) is 1. The molecule has 4 aromatic rings. The first-order valence-electron chi connectivity index (χ1n) is 12.0. The van der Waals surface area contributed by atoms with Gasteiger partial charge in [0.15, 0.2) is 11.5 Å². The van der Waals surface area contributed by atoms with Crippen molar-refractivity contribution in [3.05, 3.63) is 65.4 Å². The minimum absolute atomic E-state index is 0.0222. The molecule has 0 radical (unpaired) electrons. The lowest BCUT2D eigenvalue weighted by Crippen LogP contribution is -2.30. The topological polar surface area (TPSA) is 126 Å². The standard InChI is InChI=1S/C27H28F2N8O2/c1-6-16(13-39-5)10-17(12-31-22(38)7-2)37-27-23(26(30)32-14-33-27)20(35-37)9-8-18-19(28)11-21-25(24(18)29)34-15(3)36(21)4/h6-7,11,14,17H,2,10,12-13H2,1,3-5H3,(H,31,38)(H2,30,32,33)/b16-6-/t17-/m0/s1. The zero-order valence-electron chi connectivity index (χ0n) is 22.0. The van der Waals surface area contributed by atoms with Crippen LogP contribution in [0.4, 0.5) is 14.6 Å². The maximum Gasteiger partial charge on any atom is 0.243 e. The number of methoxy groups -OCH3 is 1. The quantitative estimate of drug-likeness (QED) is 0.202. The molecular formula is C27H28F2N8O2. The first-order valence-corrected chi connectivity index (χ1v) is 12.0. The third-order valence-corrected chi connectivity index (χ3v) is 6.40. The zero-order valence-corrected chi connectivity index (χ0v) is 22.0. The number of imidazole rings is 1. The highest BCUT2D eigenvalue weighted by Gasteiger charge is 2.23. The van der Waals surface area contributed by atoms with E-state index in [-0.39, 0.29) is 29.5 Å². The van der Waals surface area contributed by atoms with Gasteiger partial charge in [0, 0.05) is 26.8 Å². The Balaban J connectivity index is 1.85. The minimum atomic E-state index is -0.864. The predicted molar refractivity (Wildman–Crippen MR) is 144 cm³/mol. The summed E-state index contributed by atoms with van der Waals surface area (Å²) in [5.41, 5.74) is 7.51. The number of carbonyl (C=O) groups is 1. The lowest BCUT2D eigenvalue weighted by atomic mass is 10.1. The molecule has 3 N–H and O–H groups in total. The van der Waals surface area contributed by atoms with Gasteiger partial charge in [0.1, 0.15) is 35.0 Å². The molecule has 1 amide bonds. The summed E-state index contributed by atoms with van der Waals surface area (Å²) < 4.78 is 38.7. The van der Waals surface area contributed by atoms with Crippen LogP contribution in [0.3, 0.4) is 0 Å². The molecular weight excluding hydrogens is 506 g/mol. The van der Waals surface area contributed by atoms with E-state index in [1.54, 1.807) is 30.3 Å². The second-order valence-corrected chi connectivity index (χ2v) is 8.82. The fourth-order valence-corrected chi connectivity index (χ4v) is 4.23. The summed E-state index contributed by atoms with van der Waals surface area (Å²) in [5, 5.41) is 7.72. The number of allylic oxidation sites excluding steroid dienone is 1. The summed E-state index contributed by atoms with van der Waals surface area (Å²) in [6, 6.07) is 0.771. The zero-order chi connectivity index (χ0) is 28.3. The van der Waals surface area contributed by atoms with Crippen molar-refractivity contribution < 1.29 is 18.3 Å². The van der Waals surface area contributed by atoms with Gasteiger partial charge in [0.05, 0.1) is 29.1 Å². The Hall–Kier alpha value is -4.63. The van der Waals surface area contributed by atoms with Crippen molar-refractivity contribution in [1.29, 1.82) is 0 Å². The predicted octanol–water partition coefficient (Wildman–Crippen LogP) is 3.11.